The topological polar surface area (TPSA) is 35.8 Å². The first kappa shape index (κ1) is 15.2. The maximum Gasteiger partial charge on any atom is 0.125 e. The minimum atomic E-state index is -0.456. The van der Waals surface area contributed by atoms with E-state index in [-0.39, 0.29) is 0 Å². The van der Waals surface area contributed by atoms with Gasteiger partial charge in [-0.15, -0.1) is 0 Å². The van der Waals surface area contributed by atoms with Crippen molar-refractivity contribution in [2.45, 2.75) is 51.5 Å². The fraction of sp³-hybridized carbons (Fsp3) is 0.588. The zero-order valence-corrected chi connectivity index (χ0v) is 13.1. The van der Waals surface area contributed by atoms with E-state index in [1.807, 2.05) is 24.3 Å². The summed E-state index contributed by atoms with van der Waals surface area (Å²) in [6.07, 6.45) is 5.39. The van der Waals surface area contributed by atoms with Gasteiger partial charge < -0.3 is 5.32 Å². The van der Waals surface area contributed by atoms with Gasteiger partial charge in [0.2, 0.25) is 0 Å². The number of anilines is 1. The molecule has 2 unspecified atom stereocenters. The summed E-state index contributed by atoms with van der Waals surface area (Å²) in [6.45, 7) is 4.51. The van der Waals surface area contributed by atoms with Crippen molar-refractivity contribution in [3.63, 3.8) is 0 Å². The molecule has 20 heavy (non-hydrogen) atoms. The minimum Gasteiger partial charge on any atom is -0.366 e. The highest BCUT2D eigenvalue weighted by molar-refractivity contribution is 6.33. The Hall–Kier alpha value is -1.20. The SMILES string of the molecule is CC(C)CC1CCCC(C#N)(Nc2ccccc2Cl)C1. The van der Waals surface area contributed by atoms with Crippen molar-refractivity contribution in [2.75, 3.05) is 5.32 Å². The molecular weight excluding hydrogens is 268 g/mol. The highest BCUT2D eigenvalue weighted by atomic mass is 35.5. The summed E-state index contributed by atoms with van der Waals surface area (Å²) in [5.41, 5.74) is 0.420. The molecule has 0 bridgehead atoms. The molecule has 2 nitrogen and oxygen atoms in total. The summed E-state index contributed by atoms with van der Waals surface area (Å²) in [4.78, 5) is 0. The van der Waals surface area contributed by atoms with Crippen LogP contribution < -0.4 is 5.32 Å². The van der Waals surface area contributed by atoms with Gasteiger partial charge in [-0.25, -0.2) is 0 Å². The molecule has 1 aliphatic rings. The van der Waals surface area contributed by atoms with Crippen molar-refractivity contribution in [3.05, 3.63) is 29.3 Å². The number of rotatable bonds is 4. The number of halogens is 1. The summed E-state index contributed by atoms with van der Waals surface area (Å²) >= 11 is 6.21. The standard InChI is InChI=1S/C17H23ClN2/c1-13(2)10-14-6-5-9-17(11-14,12-19)20-16-8-4-3-7-15(16)18/h3-4,7-8,13-14,20H,5-6,9-11H2,1-2H3. The highest BCUT2D eigenvalue weighted by Gasteiger charge is 2.37. The lowest BCUT2D eigenvalue weighted by Crippen LogP contribution is -2.42. The second-order valence-electron chi connectivity index (χ2n) is 6.39. The largest absolute Gasteiger partial charge is 0.366 e. The van der Waals surface area contributed by atoms with Crippen molar-refractivity contribution in [1.29, 1.82) is 5.26 Å². The van der Waals surface area contributed by atoms with E-state index in [2.05, 4.69) is 25.2 Å². The van der Waals surface area contributed by atoms with Crippen molar-refractivity contribution >= 4 is 17.3 Å². The molecule has 1 N–H and O–H groups in total. The highest BCUT2D eigenvalue weighted by Crippen LogP contribution is 2.38. The summed E-state index contributed by atoms with van der Waals surface area (Å²) in [5, 5.41) is 13.8. The van der Waals surface area contributed by atoms with Gasteiger partial charge in [0.15, 0.2) is 0 Å². The fourth-order valence-electron chi connectivity index (χ4n) is 3.32. The number of benzene rings is 1. The molecule has 2 rings (SSSR count). The maximum absolute atomic E-state index is 9.69. The monoisotopic (exact) mass is 290 g/mol. The van der Waals surface area contributed by atoms with Gasteiger partial charge in [-0.05, 0) is 49.7 Å². The lowest BCUT2D eigenvalue weighted by atomic mass is 9.73. The molecular formula is C17H23ClN2. The van der Waals surface area contributed by atoms with E-state index in [1.165, 1.54) is 12.8 Å². The predicted octanol–water partition coefficient (Wildman–Crippen LogP) is 5.25. The number of nitrogens with one attached hydrogen (secondary N) is 1. The second-order valence-corrected chi connectivity index (χ2v) is 6.80. The van der Waals surface area contributed by atoms with Crippen LogP contribution in [0.2, 0.25) is 5.02 Å². The molecule has 0 heterocycles. The molecule has 0 radical (unpaired) electrons. The van der Waals surface area contributed by atoms with Gasteiger partial charge in [0.25, 0.3) is 0 Å². The van der Waals surface area contributed by atoms with Crippen molar-refractivity contribution in [3.8, 4) is 6.07 Å². The molecule has 1 fully saturated rings. The Morgan fingerprint density at radius 1 is 1.45 bits per heavy atom. The maximum atomic E-state index is 9.69. The Morgan fingerprint density at radius 2 is 2.20 bits per heavy atom. The van der Waals surface area contributed by atoms with Crippen LogP contribution in [0.4, 0.5) is 5.69 Å². The molecule has 0 aliphatic heterocycles. The molecule has 0 saturated heterocycles. The van der Waals surface area contributed by atoms with Crippen LogP contribution in [0.5, 0.6) is 0 Å². The molecule has 3 heteroatoms. The molecule has 1 saturated carbocycles. The first-order valence-electron chi connectivity index (χ1n) is 7.48. The summed E-state index contributed by atoms with van der Waals surface area (Å²) < 4.78 is 0. The van der Waals surface area contributed by atoms with Crippen LogP contribution >= 0.6 is 11.6 Å². The number of nitriles is 1. The van der Waals surface area contributed by atoms with E-state index in [4.69, 9.17) is 11.6 Å². The zero-order chi connectivity index (χ0) is 14.6. The smallest absolute Gasteiger partial charge is 0.125 e. The van der Waals surface area contributed by atoms with E-state index in [1.54, 1.807) is 0 Å². The van der Waals surface area contributed by atoms with Crippen LogP contribution in [0.25, 0.3) is 0 Å². The van der Waals surface area contributed by atoms with Crippen molar-refractivity contribution in [1.82, 2.24) is 0 Å². The lowest BCUT2D eigenvalue weighted by Gasteiger charge is -2.38. The van der Waals surface area contributed by atoms with Gasteiger partial charge in [0.1, 0.15) is 5.54 Å². The van der Waals surface area contributed by atoms with Crippen LogP contribution in [0.1, 0.15) is 46.0 Å². The van der Waals surface area contributed by atoms with Crippen molar-refractivity contribution < 1.29 is 0 Å². The third-order valence-corrected chi connectivity index (χ3v) is 4.45. The van der Waals surface area contributed by atoms with Gasteiger partial charge in [0, 0.05) is 0 Å². The Labute approximate surface area is 127 Å². The lowest BCUT2D eigenvalue weighted by molar-refractivity contribution is 0.254. The van der Waals surface area contributed by atoms with Gasteiger partial charge >= 0.3 is 0 Å². The Balaban J connectivity index is 2.13. The average Bonchev–Trinajstić information content (AvgIpc) is 2.41. The first-order valence-corrected chi connectivity index (χ1v) is 7.86. The summed E-state index contributed by atoms with van der Waals surface area (Å²) in [6, 6.07) is 10.2. The van der Waals surface area contributed by atoms with E-state index < -0.39 is 5.54 Å². The zero-order valence-electron chi connectivity index (χ0n) is 12.3. The Morgan fingerprint density at radius 3 is 2.85 bits per heavy atom. The van der Waals surface area contributed by atoms with Crippen LogP contribution in [0.3, 0.4) is 0 Å². The molecule has 2 atom stereocenters. The quantitative estimate of drug-likeness (QED) is 0.822. The number of para-hydroxylation sites is 1. The molecule has 0 amide bonds. The Bertz CT molecular complexity index is 492. The van der Waals surface area contributed by atoms with E-state index in [0.29, 0.717) is 16.9 Å². The first-order chi connectivity index (χ1) is 9.54. The van der Waals surface area contributed by atoms with Crippen LogP contribution in [-0.4, -0.2) is 5.54 Å². The van der Waals surface area contributed by atoms with Crippen LogP contribution in [0.15, 0.2) is 24.3 Å². The van der Waals surface area contributed by atoms with E-state index >= 15 is 0 Å². The minimum absolute atomic E-state index is 0.456. The molecule has 0 aromatic heterocycles. The summed E-state index contributed by atoms with van der Waals surface area (Å²) in [5.74, 6) is 1.33. The van der Waals surface area contributed by atoms with Gasteiger partial charge in [-0.2, -0.15) is 5.26 Å². The number of hydrogen-bond donors (Lipinski definition) is 1. The summed E-state index contributed by atoms with van der Waals surface area (Å²) in [7, 11) is 0. The molecule has 108 valence electrons. The van der Waals surface area contributed by atoms with Crippen LogP contribution in [-0.2, 0) is 0 Å². The third kappa shape index (κ3) is 3.67. The molecule has 0 spiro atoms. The Kier molecular flexibility index (Phi) is 4.94. The van der Waals surface area contributed by atoms with Crippen molar-refractivity contribution in [2.24, 2.45) is 11.8 Å². The number of hydrogen-bond acceptors (Lipinski definition) is 2. The number of nitrogens with zero attached hydrogens (tertiary/aromatic N) is 1. The normalized spacial score (nSPS) is 26.2. The second kappa shape index (κ2) is 6.50. The fourth-order valence-corrected chi connectivity index (χ4v) is 3.50. The van der Waals surface area contributed by atoms with Crippen LogP contribution in [0, 0.1) is 23.2 Å². The third-order valence-electron chi connectivity index (χ3n) is 4.12. The van der Waals surface area contributed by atoms with Gasteiger partial charge in [0.05, 0.1) is 16.8 Å². The predicted molar refractivity (Wildman–Crippen MR) is 84.8 cm³/mol. The van der Waals surface area contributed by atoms with E-state index in [0.717, 1.165) is 24.9 Å². The van der Waals surface area contributed by atoms with Gasteiger partial charge in [-0.1, -0.05) is 44.0 Å². The average molecular weight is 291 g/mol. The molecule has 1 aromatic carbocycles. The molecule has 1 aromatic rings. The molecule has 1 aliphatic carbocycles. The van der Waals surface area contributed by atoms with Gasteiger partial charge in [-0.3, -0.25) is 0 Å². The van der Waals surface area contributed by atoms with E-state index in [9.17, 15) is 5.26 Å².